The summed E-state index contributed by atoms with van der Waals surface area (Å²) in [5.41, 5.74) is 9.87. The van der Waals surface area contributed by atoms with Gasteiger partial charge in [-0.3, -0.25) is 0 Å². The molecule has 0 spiro atoms. The summed E-state index contributed by atoms with van der Waals surface area (Å²) in [4.78, 5) is 0. The van der Waals surface area contributed by atoms with Crippen LogP contribution in [0.25, 0.3) is 0 Å². The fourth-order valence-electron chi connectivity index (χ4n) is 2.31. The van der Waals surface area contributed by atoms with Gasteiger partial charge in [-0.15, -0.1) is 11.3 Å². The van der Waals surface area contributed by atoms with Crippen LogP contribution in [0.4, 0.5) is 0 Å². The highest BCUT2D eigenvalue weighted by Crippen LogP contribution is 2.33. The SMILES string of the molecule is CC1Cc2cc(C(N)c3csc(Br)c3)ccc2O1. The predicted molar refractivity (Wildman–Crippen MR) is 78.3 cm³/mol. The number of rotatable bonds is 2. The number of thiophene rings is 1. The van der Waals surface area contributed by atoms with Crippen LogP contribution in [0.1, 0.15) is 29.7 Å². The first-order valence-electron chi connectivity index (χ1n) is 5.92. The largest absolute Gasteiger partial charge is 0.490 e. The van der Waals surface area contributed by atoms with Gasteiger partial charge in [-0.05, 0) is 57.1 Å². The average Bonchev–Trinajstić information content (AvgIpc) is 2.92. The highest BCUT2D eigenvalue weighted by molar-refractivity contribution is 9.11. The molecule has 0 saturated heterocycles. The minimum absolute atomic E-state index is 0.0613. The summed E-state index contributed by atoms with van der Waals surface area (Å²) in [5.74, 6) is 1.00. The normalized spacial score (nSPS) is 19.4. The van der Waals surface area contributed by atoms with Gasteiger partial charge in [0.2, 0.25) is 0 Å². The Balaban J connectivity index is 1.91. The molecule has 94 valence electrons. The molecule has 1 aromatic heterocycles. The fourth-order valence-corrected chi connectivity index (χ4v) is 3.53. The number of nitrogens with two attached hydrogens (primary N) is 1. The van der Waals surface area contributed by atoms with Crippen LogP contribution in [0, 0.1) is 0 Å². The second-order valence-electron chi connectivity index (χ2n) is 4.66. The van der Waals surface area contributed by atoms with Crippen LogP contribution in [-0.2, 0) is 6.42 Å². The van der Waals surface area contributed by atoms with E-state index in [-0.39, 0.29) is 12.1 Å². The molecule has 2 atom stereocenters. The molecule has 0 fully saturated rings. The lowest BCUT2D eigenvalue weighted by Crippen LogP contribution is -2.10. The zero-order valence-corrected chi connectivity index (χ0v) is 12.4. The van der Waals surface area contributed by atoms with Gasteiger partial charge in [-0.2, -0.15) is 0 Å². The summed E-state index contributed by atoms with van der Waals surface area (Å²) in [6, 6.07) is 8.30. The van der Waals surface area contributed by atoms with E-state index in [2.05, 4.69) is 46.4 Å². The Labute approximate surface area is 119 Å². The van der Waals surface area contributed by atoms with Crippen LogP contribution < -0.4 is 10.5 Å². The molecule has 0 amide bonds. The Kier molecular flexibility index (Phi) is 3.18. The lowest BCUT2D eigenvalue weighted by molar-refractivity contribution is 0.254. The maximum atomic E-state index is 6.30. The number of ether oxygens (including phenoxy) is 1. The Morgan fingerprint density at radius 1 is 1.39 bits per heavy atom. The molecule has 2 nitrogen and oxygen atoms in total. The minimum atomic E-state index is -0.0613. The zero-order chi connectivity index (χ0) is 12.7. The molecule has 1 aliphatic rings. The van der Waals surface area contributed by atoms with Crippen molar-refractivity contribution in [2.75, 3.05) is 0 Å². The predicted octanol–water partition coefficient (Wildman–Crippen LogP) is 3.88. The van der Waals surface area contributed by atoms with Crippen LogP contribution in [-0.4, -0.2) is 6.10 Å². The van der Waals surface area contributed by atoms with E-state index < -0.39 is 0 Å². The summed E-state index contributed by atoms with van der Waals surface area (Å²) in [7, 11) is 0. The van der Waals surface area contributed by atoms with Crippen LogP contribution >= 0.6 is 27.3 Å². The Morgan fingerprint density at radius 2 is 2.22 bits per heavy atom. The highest BCUT2D eigenvalue weighted by Gasteiger charge is 2.20. The first-order chi connectivity index (χ1) is 8.63. The molecule has 2 unspecified atom stereocenters. The van der Waals surface area contributed by atoms with Crippen molar-refractivity contribution in [2.45, 2.75) is 25.5 Å². The quantitative estimate of drug-likeness (QED) is 0.910. The molecule has 2 N–H and O–H groups in total. The molecule has 0 saturated carbocycles. The number of halogens is 1. The van der Waals surface area contributed by atoms with Gasteiger partial charge in [0.15, 0.2) is 0 Å². The van der Waals surface area contributed by atoms with Crippen molar-refractivity contribution in [3.05, 3.63) is 50.1 Å². The van der Waals surface area contributed by atoms with Crippen molar-refractivity contribution in [1.82, 2.24) is 0 Å². The van der Waals surface area contributed by atoms with Gasteiger partial charge in [0.25, 0.3) is 0 Å². The van der Waals surface area contributed by atoms with Gasteiger partial charge in [0.1, 0.15) is 11.9 Å². The van der Waals surface area contributed by atoms with Crippen molar-refractivity contribution in [3.63, 3.8) is 0 Å². The summed E-state index contributed by atoms with van der Waals surface area (Å²) >= 11 is 5.14. The van der Waals surface area contributed by atoms with Gasteiger partial charge in [-0.25, -0.2) is 0 Å². The van der Waals surface area contributed by atoms with E-state index in [1.165, 1.54) is 5.56 Å². The Morgan fingerprint density at radius 3 is 2.94 bits per heavy atom. The second-order valence-corrected chi connectivity index (χ2v) is 6.95. The van der Waals surface area contributed by atoms with Crippen molar-refractivity contribution in [2.24, 2.45) is 5.73 Å². The maximum absolute atomic E-state index is 6.30. The second kappa shape index (κ2) is 4.68. The van der Waals surface area contributed by atoms with Crippen molar-refractivity contribution >= 4 is 27.3 Å². The molecule has 2 aromatic rings. The lowest BCUT2D eigenvalue weighted by Gasteiger charge is -2.11. The summed E-state index contributed by atoms with van der Waals surface area (Å²) in [6.45, 7) is 2.09. The molecule has 0 bridgehead atoms. The van der Waals surface area contributed by atoms with Crippen LogP contribution in [0.3, 0.4) is 0 Å². The summed E-state index contributed by atoms with van der Waals surface area (Å²) in [5, 5.41) is 2.10. The highest BCUT2D eigenvalue weighted by atomic mass is 79.9. The lowest BCUT2D eigenvalue weighted by atomic mass is 9.99. The first-order valence-corrected chi connectivity index (χ1v) is 7.60. The third-order valence-electron chi connectivity index (χ3n) is 3.23. The molecule has 4 heteroatoms. The van der Waals surface area contributed by atoms with E-state index in [0.29, 0.717) is 0 Å². The van der Waals surface area contributed by atoms with Gasteiger partial charge >= 0.3 is 0 Å². The Hall–Kier alpha value is -0.840. The molecule has 0 radical (unpaired) electrons. The van der Waals surface area contributed by atoms with Gasteiger partial charge in [0.05, 0.1) is 9.83 Å². The maximum Gasteiger partial charge on any atom is 0.123 e. The summed E-state index contributed by atoms with van der Waals surface area (Å²) < 4.78 is 6.82. The molecule has 2 heterocycles. The molecule has 1 aliphatic heterocycles. The van der Waals surface area contributed by atoms with Crippen LogP contribution in [0.15, 0.2) is 33.4 Å². The molecule has 1 aromatic carbocycles. The molecule has 18 heavy (non-hydrogen) atoms. The zero-order valence-electron chi connectivity index (χ0n) is 10.0. The fraction of sp³-hybridized carbons (Fsp3) is 0.286. The molecule has 0 aliphatic carbocycles. The van der Waals surface area contributed by atoms with E-state index in [1.807, 2.05) is 6.07 Å². The van der Waals surface area contributed by atoms with Gasteiger partial charge in [0, 0.05) is 6.42 Å². The van der Waals surface area contributed by atoms with Crippen LogP contribution in [0.5, 0.6) is 5.75 Å². The Bertz CT molecular complexity index is 581. The molecule has 3 rings (SSSR count). The van der Waals surface area contributed by atoms with Crippen molar-refractivity contribution in [3.8, 4) is 5.75 Å². The van der Waals surface area contributed by atoms with Gasteiger partial charge < -0.3 is 10.5 Å². The van der Waals surface area contributed by atoms with E-state index in [4.69, 9.17) is 10.5 Å². The molecular weight excluding hydrogens is 310 g/mol. The number of fused-ring (bicyclic) bond motifs is 1. The summed E-state index contributed by atoms with van der Waals surface area (Å²) in [6.07, 6.45) is 1.25. The first kappa shape index (κ1) is 12.2. The third kappa shape index (κ3) is 2.20. The smallest absolute Gasteiger partial charge is 0.123 e. The number of benzene rings is 1. The van der Waals surface area contributed by atoms with E-state index in [9.17, 15) is 0 Å². The van der Waals surface area contributed by atoms with Crippen LogP contribution in [0.2, 0.25) is 0 Å². The third-order valence-corrected chi connectivity index (χ3v) is 4.75. The monoisotopic (exact) mass is 323 g/mol. The van der Waals surface area contributed by atoms with E-state index in [1.54, 1.807) is 11.3 Å². The van der Waals surface area contributed by atoms with E-state index >= 15 is 0 Å². The van der Waals surface area contributed by atoms with Gasteiger partial charge in [-0.1, -0.05) is 12.1 Å². The minimum Gasteiger partial charge on any atom is -0.490 e. The molecular formula is C14H14BrNOS. The van der Waals surface area contributed by atoms with Crippen molar-refractivity contribution in [1.29, 1.82) is 0 Å². The topological polar surface area (TPSA) is 35.2 Å². The number of hydrogen-bond acceptors (Lipinski definition) is 3. The van der Waals surface area contributed by atoms with Crippen molar-refractivity contribution < 1.29 is 4.74 Å². The average molecular weight is 324 g/mol. The standard InChI is InChI=1S/C14H14BrNOS/c1-8-4-10-5-9(2-3-12(10)17-8)14(16)11-6-13(15)18-7-11/h2-3,5-8,14H,4,16H2,1H3. The van der Waals surface area contributed by atoms with E-state index in [0.717, 1.165) is 27.1 Å². The number of hydrogen-bond donors (Lipinski definition) is 1.